The Hall–Kier alpha value is -1.16. The number of anilines is 1. The molecule has 0 amide bonds. The van der Waals surface area contributed by atoms with Crippen LogP contribution in [0, 0.1) is 12.8 Å². The van der Waals surface area contributed by atoms with Gasteiger partial charge in [-0.15, -0.1) is 0 Å². The van der Waals surface area contributed by atoms with Gasteiger partial charge >= 0.3 is 0 Å². The molecule has 1 aliphatic heterocycles. The van der Waals surface area contributed by atoms with Crippen LogP contribution in [0.15, 0.2) is 6.07 Å². The summed E-state index contributed by atoms with van der Waals surface area (Å²) in [4.78, 5) is 11.4. The lowest BCUT2D eigenvalue weighted by Crippen LogP contribution is -2.25. The van der Waals surface area contributed by atoms with Crippen molar-refractivity contribution >= 4 is 5.82 Å². The van der Waals surface area contributed by atoms with Crippen molar-refractivity contribution in [3.63, 3.8) is 0 Å². The third-order valence-electron chi connectivity index (χ3n) is 3.61. The first-order valence-electron chi connectivity index (χ1n) is 6.76. The van der Waals surface area contributed by atoms with Crippen LogP contribution < -0.4 is 4.90 Å². The van der Waals surface area contributed by atoms with Crippen LogP contribution in [-0.4, -0.2) is 34.3 Å². The summed E-state index contributed by atoms with van der Waals surface area (Å²) in [6.07, 6.45) is 0.806. The van der Waals surface area contributed by atoms with E-state index >= 15 is 0 Å². The highest BCUT2D eigenvalue weighted by molar-refractivity contribution is 5.41. The fourth-order valence-electron chi connectivity index (χ4n) is 2.38. The third kappa shape index (κ3) is 2.80. The zero-order chi connectivity index (χ0) is 13.3. The number of nitrogens with zero attached hydrogens (tertiary/aromatic N) is 3. The molecule has 18 heavy (non-hydrogen) atoms. The first-order valence-corrected chi connectivity index (χ1v) is 6.76. The molecule has 2 atom stereocenters. The highest BCUT2D eigenvalue weighted by atomic mass is 16.3. The maximum absolute atomic E-state index is 9.65. The Bertz CT molecular complexity index is 418. The SMILES string of the molecule is Cc1cc(N2CCC(C(C)O)C2)nc(C(C)C)n1. The Morgan fingerprint density at radius 1 is 1.33 bits per heavy atom. The highest BCUT2D eigenvalue weighted by Gasteiger charge is 2.27. The molecule has 1 saturated heterocycles. The highest BCUT2D eigenvalue weighted by Crippen LogP contribution is 2.25. The number of aromatic nitrogens is 2. The van der Waals surface area contributed by atoms with E-state index in [0.29, 0.717) is 11.8 Å². The molecule has 1 N–H and O–H groups in total. The summed E-state index contributed by atoms with van der Waals surface area (Å²) in [5.41, 5.74) is 1.02. The number of aryl methyl sites for hydroxylation is 1. The van der Waals surface area contributed by atoms with Crippen LogP contribution in [0.4, 0.5) is 5.82 Å². The molecular weight excluding hydrogens is 226 g/mol. The van der Waals surface area contributed by atoms with E-state index < -0.39 is 0 Å². The normalized spacial score (nSPS) is 21.7. The first kappa shape index (κ1) is 13.3. The zero-order valence-electron chi connectivity index (χ0n) is 11.7. The fraction of sp³-hybridized carbons (Fsp3) is 0.714. The summed E-state index contributed by atoms with van der Waals surface area (Å²) < 4.78 is 0. The third-order valence-corrected chi connectivity index (χ3v) is 3.61. The van der Waals surface area contributed by atoms with Crippen molar-refractivity contribution in [3.8, 4) is 0 Å². The topological polar surface area (TPSA) is 49.2 Å². The van der Waals surface area contributed by atoms with Gasteiger partial charge in [-0.2, -0.15) is 0 Å². The second kappa shape index (κ2) is 5.22. The monoisotopic (exact) mass is 249 g/mol. The fourth-order valence-corrected chi connectivity index (χ4v) is 2.38. The molecule has 1 fully saturated rings. The lowest BCUT2D eigenvalue weighted by molar-refractivity contribution is 0.136. The van der Waals surface area contributed by atoms with Gasteiger partial charge in [0.05, 0.1) is 6.10 Å². The number of rotatable bonds is 3. The van der Waals surface area contributed by atoms with Gasteiger partial charge in [0, 0.05) is 36.7 Å². The molecule has 1 aromatic heterocycles. The minimum absolute atomic E-state index is 0.234. The minimum atomic E-state index is -0.234. The van der Waals surface area contributed by atoms with Crippen molar-refractivity contribution in [1.82, 2.24) is 9.97 Å². The van der Waals surface area contributed by atoms with Crippen molar-refractivity contribution in [1.29, 1.82) is 0 Å². The average Bonchev–Trinajstić information content (AvgIpc) is 2.77. The first-order chi connectivity index (χ1) is 8.47. The Labute approximate surface area is 109 Å². The molecular formula is C14H23N3O. The molecule has 1 aliphatic rings. The Morgan fingerprint density at radius 3 is 2.61 bits per heavy atom. The van der Waals surface area contributed by atoms with Crippen molar-refractivity contribution in [2.75, 3.05) is 18.0 Å². The van der Waals surface area contributed by atoms with Crippen molar-refractivity contribution in [2.45, 2.75) is 46.1 Å². The molecule has 2 heterocycles. The van der Waals surface area contributed by atoms with Gasteiger partial charge in [0.2, 0.25) is 0 Å². The Balaban J connectivity index is 2.19. The number of aliphatic hydroxyl groups excluding tert-OH is 1. The molecule has 0 saturated carbocycles. The van der Waals surface area contributed by atoms with Gasteiger partial charge in [0.25, 0.3) is 0 Å². The van der Waals surface area contributed by atoms with Crippen molar-refractivity contribution in [2.24, 2.45) is 5.92 Å². The van der Waals surface area contributed by atoms with Gasteiger partial charge in [-0.3, -0.25) is 0 Å². The van der Waals surface area contributed by atoms with E-state index in [2.05, 4.69) is 28.7 Å². The van der Waals surface area contributed by atoms with Gasteiger partial charge in [0.1, 0.15) is 11.6 Å². The molecule has 0 radical (unpaired) electrons. The molecule has 1 aromatic rings. The van der Waals surface area contributed by atoms with Crippen LogP contribution in [0.25, 0.3) is 0 Å². The molecule has 2 rings (SSSR count). The summed E-state index contributed by atoms with van der Waals surface area (Å²) in [6, 6.07) is 2.04. The lowest BCUT2D eigenvalue weighted by atomic mass is 10.0. The molecule has 0 spiro atoms. The van der Waals surface area contributed by atoms with Gasteiger partial charge < -0.3 is 10.0 Å². The molecule has 4 heteroatoms. The summed E-state index contributed by atoms with van der Waals surface area (Å²) in [6.45, 7) is 9.98. The van der Waals surface area contributed by atoms with E-state index in [1.54, 1.807) is 0 Å². The van der Waals surface area contributed by atoms with Crippen LogP contribution >= 0.6 is 0 Å². The second-order valence-electron chi connectivity index (χ2n) is 5.62. The molecule has 100 valence electrons. The van der Waals surface area contributed by atoms with Crippen molar-refractivity contribution in [3.05, 3.63) is 17.6 Å². The van der Waals surface area contributed by atoms with E-state index in [1.165, 1.54) is 0 Å². The molecule has 4 nitrogen and oxygen atoms in total. The predicted molar refractivity (Wildman–Crippen MR) is 72.9 cm³/mol. The molecule has 0 bridgehead atoms. The molecule has 0 aromatic carbocycles. The molecule has 2 unspecified atom stereocenters. The van der Waals surface area contributed by atoms with Gasteiger partial charge in [-0.05, 0) is 20.3 Å². The van der Waals surface area contributed by atoms with Crippen LogP contribution in [0.2, 0.25) is 0 Å². The molecule has 0 aliphatic carbocycles. The van der Waals surface area contributed by atoms with E-state index in [0.717, 1.165) is 36.8 Å². The summed E-state index contributed by atoms with van der Waals surface area (Å²) in [5, 5.41) is 9.65. The lowest BCUT2D eigenvalue weighted by Gasteiger charge is -2.20. The Morgan fingerprint density at radius 2 is 2.06 bits per heavy atom. The van der Waals surface area contributed by atoms with E-state index in [1.807, 2.05) is 19.9 Å². The van der Waals surface area contributed by atoms with E-state index in [-0.39, 0.29) is 6.10 Å². The summed E-state index contributed by atoms with van der Waals surface area (Å²) in [7, 11) is 0. The minimum Gasteiger partial charge on any atom is -0.393 e. The largest absolute Gasteiger partial charge is 0.393 e. The summed E-state index contributed by atoms with van der Waals surface area (Å²) in [5.74, 6) is 2.63. The smallest absolute Gasteiger partial charge is 0.133 e. The van der Waals surface area contributed by atoms with Gasteiger partial charge in [0.15, 0.2) is 0 Å². The van der Waals surface area contributed by atoms with Crippen LogP contribution in [0.5, 0.6) is 0 Å². The van der Waals surface area contributed by atoms with Gasteiger partial charge in [-0.1, -0.05) is 13.8 Å². The predicted octanol–water partition coefficient (Wildman–Crippen LogP) is 2.12. The maximum Gasteiger partial charge on any atom is 0.133 e. The second-order valence-corrected chi connectivity index (χ2v) is 5.62. The maximum atomic E-state index is 9.65. The Kier molecular flexibility index (Phi) is 3.85. The summed E-state index contributed by atoms with van der Waals surface area (Å²) >= 11 is 0. The average molecular weight is 249 g/mol. The van der Waals surface area contributed by atoms with Crippen LogP contribution in [0.3, 0.4) is 0 Å². The van der Waals surface area contributed by atoms with E-state index in [4.69, 9.17) is 0 Å². The standard InChI is InChI=1S/C14H23N3O/c1-9(2)14-15-10(3)7-13(16-14)17-6-5-12(8-17)11(4)18/h7,9,11-12,18H,5-6,8H2,1-4H3. The zero-order valence-corrected chi connectivity index (χ0v) is 11.7. The van der Waals surface area contributed by atoms with Crippen molar-refractivity contribution < 1.29 is 5.11 Å². The number of aliphatic hydroxyl groups is 1. The van der Waals surface area contributed by atoms with Crippen LogP contribution in [0.1, 0.15) is 44.6 Å². The number of hydrogen-bond donors (Lipinski definition) is 1. The van der Waals surface area contributed by atoms with Gasteiger partial charge in [-0.25, -0.2) is 9.97 Å². The number of hydrogen-bond acceptors (Lipinski definition) is 4. The quantitative estimate of drug-likeness (QED) is 0.891. The van der Waals surface area contributed by atoms with Crippen LogP contribution in [-0.2, 0) is 0 Å². The van der Waals surface area contributed by atoms with E-state index in [9.17, 15) is 5.11 Å².